The second kappa shape index (κ2) is 3.93. The van der Waals surface area contributed by atoms with Gasteiger partial charge in [0.15, 0.2) is 0 Å². The fourth-order valence-corrected chi connectivity index (χ4v) is 6.64. The van der Waals surface area contributed by atoms with Gasteiger partial charge in [-0.2, -0.15) is 0 Å². The van der Waals surface area contributed by atoms with Crippen LogP contribution in [0.1, 0.15) is 51.4 Å². The molecule has 4 unspecified atom stereocenters. The number of rotatable bonds is 6. The lowest BCUT2D eigenvalue weighted by molar-refractivity contribution is -0.195. The van der Waals surface area contributed by atoms with Gasteiger partial charge in [-0.15, -0.1) is 0 Å². The Balaban J connectivity index is 1.36. The largest absolute Gasteiger partial charge is 0.251 e. The Morgan fingerprint density at radius 1 is 1.00 bits per heavy atom. The van der Waals surface area contributed by atoms with Crippen molar-refractivity contribution in [2.24, 2.45) is 35.0 Å². The molecule has 4 saturated carbocycles. The summed E-state index contributed by atoms with van der Waals surface area (Å²) in [6, 6.07) is 0. The predicted octanol–water partition coefficient (Wildman–Crippen LogP) is 4.54. The third-order valence-electron chi connectivity index (χ3n) is 7.09. The number of hydrogen-bond acceptors (Lipinski definition) is 0. The monoisotopic (exact) mass is 254 g/mol. The first-order valence-corrected chi connectivity index (χ1v) is 7.96. The van der Waals surface area contributed by atoms with Gasteiger partial charge in [0.25, 0.3) is 0 Å². The second-order valence-electron chi connectivity index (χ2n) is 7.41. The van der Waals surface area contributed by atoms with Gasteiger partial charge in [0.2, 0.25) is 0 Å². The Morgan fingerprint density at radius 2 is 1.67 bits per heavy atom. The highest BCUT2D eigenvalue weighted by molar-refractivity contribution is 5.25. The quantitative estimate of drug-likeness (QED) is 0.653. The van der Waals surface area contributed by atoms with Crippen LogP contribution in [0.25, 0.3) is 0 Å². The normalized spacial score (nSPS) is 52.7. The Labute approximate surface area is 109 Å². The molecule has 18 heavy (non-hydrogen) atoms. The molecule has 2 heteroatoms. The smallest absolute Gasteiger partial charge is 0.100 e. The second-order valence-corrected chi connectivity index (χ2v) is 7.41. The van der Waals surface area contributed by atoms with Gasteiger partial charge in [-0.3, -0.25) is 4.39 Å². The van der Waals surface area contributed by atoms with Crippen LogP contribution in [-0.2, 0) is 0 Å². The summed E-state index contributed by atoms with van der Waals surface area (Å²) in [4.78, 5) is 0. The molecule has 102 valence electrons. The lowest BCUT2D eigenvalue weighted by Gasteiger charge is -2.68. The van der Waals surface area contributed by atoms with Crippen molar-refractivity contribution in [3.63, 3.8) is 0 Å². The van der Waals surface area contributed by atoms with E-state index in [0.717, 1.165) is 36.0 Å². The summed E-state index contributed by atoms with van der Waals surface area (Å²) in [6.07, 6.45) is 7.81. The molecule has 0 amide bonds. The molecule has 4 aliphatic rings. The van der Waals surface area contributed by atoms with E-state index in [1.165, 1.54) is 25.7 Å². The zero-order valence-corrected chi connectivity index (χ0v) is 11.1. The molecule has 4 fully saturated rings. The lowest BCUT2D eigenvalue weighted by Crippen LogP contribution is -2.61. The minimum Gasteiger partial charge on any atom is -0.251 e. The number of halogens is 2. The molecule has 0 N–H and O–H groups in total. The maximum Gasteiger partial charge on any atom is 0.100 e. The van der Waals surface area contributed by atoms with Gasteiger partial charge in [0.05, 0.1) is 6.67 Å². The highest BCUT2D eigenvalue weighted by Crippen LogP contribution is 2.83. The molecule has 0 radical (unpaired) electrons. The summed E-state index contributed by atoms with van der Waals surface area (Å²) < 4.78 is 25.7. The summed E-state index contributed by atoms with van der Waals surface area (Å²) in [5, 5.41) is 0. The molecular formula is C16H24F2. The van der Waals surface area contributed by atoms with Gasteiger partial charge in [-0.1, -0.05) is 0 Å². The van der Waals surface area contributed by atoms with Crippen molar-refractivity contribution in [1.82, 2.24) is 0 Å². The van der Waals surface area contributed by atoms with E-state index in [4.69, 9.17) is 0 Å². The van der Waals surface area contributed by atoms with Crippen LogP contribution in [0.15, 0.2) is 0 Å². The van der Waals surface area contributed by atoms with Gasteiger partial charge >= 0.3 is 0 Å². The average Bonchev–Trinajstić information content (AvgIpc) is 2.77. The highest BCUT2D eigenvalue weighted by Gasteiger charge is 2.77. The van der Waals surface area contributed by atoms with Gasteiger partial charge in [-0.05, 0) is 86.4 Å². The molecule has 1 spiro atoms. The lowest BCUT2D eigenvalue weighted by atomic mass is 9.37. The Hall–Kier alpha value is -0.140. The van der Waals surface area contributed by atoms with E-state index in [9.17, 15) is 8.78 Å². The van der Waals surface area contributed by atoms with Crippen molar-refractivity contribution in [3.05, 3.63) is 0 Å². The van der Waals surface area contributed by atoms with Crippen LogP contribution < -0.4 is 0 Å². The van der Waals surface area contributed by atoms with Crippen LogP contribution in [0.3, 0.4) is 0 Å². The van der Waals surface area contributed by atoms with E-state index in [1.54, 1.807) is 0 Å². The van der Waals surface area contributed by atoms with Crippen LogP contribution in [0.4, 0.5) is 8.78 Å². The number of fused-ring (bicyclic) bond motifs is 1. The Bertz CT molecular complexity index is 324. The van der Waals surface area contributed by atoms with Gasteiger partial charge in [0.1, 0.15) is 6.17 Å². The molecule has 4 atom stereocenters. The highest BCUT2D eigenvalue weighted by atomic mass is 19.1. The minimum absolute atomic E-state index is 0.358. The molecular weight excluding hydrogens is 230 g/mol. The summed E-state index contributed by atoms with van der Waals surface area (Å²) >= 11 is 0. The van der Waals surface area contributed by atoms with Crippen molar-refractivity contribution >= 4 is 0 Å². The molecule has 0 aliphatic heterocycles. The van der Waals surface area contributed by atoms with Crippen molar-refractivity contribution in [2.45, 2.75) is 57.5 Å². The van der Waals surface area contributed by atoms with Crippen LogP contribution in [0.2, 0.25) is 0 Å². The minimum atomic E-state index is -0.744. The fraction of sp³-hybridized carbons (Fsp3) is 1.00. The average molecular weight is 254 g/mol. The molecule has 0 aromatic rings. The molecule has 0 aromatic carbocycles. The Kier molecular flexibility index (Phi) is 2.55. The first-order valence-electron chi connectivity index (χ1n) is 7.96. The zero-order chi connectivity index (χ0) is 12.3. The number of hydrogen-bond donors (Lipinski definition) is 0. The van der Waals surface area contributed by atoms with E-state index in [2.05, 4.69) is 0 Å². The van der Waals surface area contributed by atoms with Gasteiger partial charge in [-0.25, -0.2) is 4.39 Å². The maximum absolute atomic E-state index is 13.7. The van der Waals surface area contributed by atoms with Crippen LogP contribution in [0.5, 0.6) is 0 Å². The zero-order valence-electron chi connectivity index (χ0n) is 11.1. The summed E-state index contributed by atoms with van der Waals surface area (Å²) in [5.41, 5.74) is 0.713. The standard InChI is InChI=1S/C16H24F2/c17-5-1-2-14(18)3-4-15-10-6-11-8-13-9-12(7-10)16(11,13)15/h10-15H,1-9H2. The fourth-order valence-electron chi connectivity index (χ4n) is 6.64. The van der Waals surface area contributed by atoms with E-state index in [1.807, 2.05) is 0 Å². The molecule has 0 heterocycles. The van der Waals surface area contributed by atoms with Crippen molar-refractivity contribution in [2.75, 3.05) is 6.67 Å². The van der Waals surface area contributed by atoms with E-state index in [0.29, 0.717) is 24.7 Å². The molecule has 0 saturated heterocycles. The molecule has 2 bridgehead atoms. The molecule has 0 nitrogen and oxygen atoms in total. The van der Waals surface area contributed by atoms with Crippen LogP contribution in [-0.4, -0.2) is 12.8 Å². The van der Waals surface area contributed by atoms with Crippen LogP contribution in [0, 0.1) is 35.0 Å². The van der Waals surface area contributed by atoms with Crippen molar-refractivity contribution < 1.29 is 8.78 Å². The third kappa shape index (κ3) is 1.25. The Morgan fingerprint density at radius 3 is 2.28 bits per heavy atom. The molecule has 0 aromatic heterocycles. The van der Waals surface area contributed by atoms with E-state index < -0.39 is 6.17 Å². The summed E-state index contributed by atoms with van der Waals surface area (Å²) in [6.45, 7) is -0.358. The predicted molar refractivity (Wildman–Crippen MR) is 67.7 cm³/mol. The van der Waals surface area contributed by atoms with Crippen LogP contribution >= 0.6 is 0 Å². The van der Waals surface area contributed by atoms with Gasteiger partial charge < -0.3 is 0 Å². The SMILES string of the molecule is FCCCC(F)CCC1C2CC3CC4CC(C2)C341. The van der Waals surface area contributed by atoms with Gasteiger partial charge in [0, 0.05) is 0 Å². The third-order valence-corrected chi connectivity index (χ3v) is 7.09. The summed E-state index contributed by atoms with van der Waals surface area (Å²) in [7, 11) is 0. The van der Waals surface area contributed by atoms with Crippen molar-refractivity contribution in [3.8, 4) is 0 Å². The first kappa shape index (κ1) is 11.7. The maximum atomic E-state index is 13.7. The molecule has 4 aliphatic carbocycles. The first-order chi connectivity index (χ1) is 8.76. The topological polar surface area (TPSA) is 0 Å². The van der Waals surface area contributed by atoms with E-state index >= 15 is 0 Å². The summed E-state index contributed by atoms with van der Waals surface area (Å²) in [5.74, 6) is 4.85. The van der Waals surface area contributed by atoms with Crippen molar-refractivity contribution in [1.29, 1.82) is 0 Å². The number of alkyl halides is 2. The van der Waals surface area contributed by atoms with E-state index in [-0.39, 0.29) is 6.67 Å². The molecule has 4 rings (SSSR count).